The van der Waals surface area contributed by atoms with Gasteiger partial charge in [-0.1, -0.05) is 7.43 Å². The summed E-state index contributed by atoms with van der Waals surface area (Å²) in [5.41, 5.74) is 0. The van der Waals surface area contributed by atoms with E-state index in [2.05, 4.69) is 5.84 Å². The minimum Gasteiger partial charge on any atom is -0.444 e. The number of nitrogens with two attached hydrogens (primary N) is 1. The highest BCUT2D eigenvalue weighted by Crippen LogP contribution is 1.44. The van der Waals surface area contributed by atoms with Gasteiger partial charge in [0.15, 0.2) is 0 Å². The zero-order chi connectivity index (χ0) is 13.7. The van der Waals surface area contributed by atoms with Gasteiger partial charge in [0.1, 0.15) is 0 Å². The maximum atomic E-state index is 8.33. The molecule has 0 rings (SSSR count). The van der Waals surface area contributed by atoms with Gasteiger partial charge in [-0.2, -0.15) is 0 Å². The summed E-state index contributed by atoms with van der Waals surface area (Å²) < 4.78 is 0. The summed E-state index contributed by atoms with van der Waals surface area (Å²) in [4.78, 5) is 32.6. The van der Waals surface area contributed by atoms with Crippen molar-refractivity contribution in [1.29, 1.82) is 10.8 Å². The van der Waals surface area contributed by atoms with Gasteiger partial charge in [-0.3, -0.25) is 5.84 Å². The lowest BCUT2D eigenvalue weighted by Crippen LogP contribution is -1.74. The molecule has 0 spiro atoms. The van der Waals surface area contributed by atoms with Crippen molar-refractivity contribution in [3.63, 3.8) is 0 Å². The Hall–Kier alpha value is -3.22. The van der Waals surface area contributed by atoms with Gasteiger partial charge in [0.05, 0.1) is 5.09 Å². The van der Waals surface area contributed by atoms with E-state index in [1.807, 2.05) is 0 Å². The fourth-order valence-corrected chi connectivity index (χ4v) is 0. The predicted octanol–water partition coefficient (Wildman–Crippen LogP) is 0.717. The second kappa shape index (κ2) is 229. The molecule has 0 aromatic rings. The Morgan fingerprint density at radius 3 is 1.00 bits per heavy atom. The molecule has 0 unspecified atom stereocenters. The first-order valence-corrected chi connectivity index (χ1v) is 1.92. The Kier molecular flexibility index (Phi) is 661. The van der Waals surface area contributed by atoms with Crippen LogP contribution in [0.3, 0.4) is 0 Å². The molecule has 0 bridgehead atoms. The summed E-state index contributed by atoms with van der Waals surface area (Å²) in [6.07, 6.45) is 0. The average Bonchev–Trinajstić information content (AvgIpc) is 2.09. The Morgan fingerprint density at radius 2 is 1.00 bits per heavy atom. The van der Waals surface area contributed by atoms with E-state index in [4.69, 9.17) is 51.2 Å². The molecule has 0 aliphatic rings. The number of hydrogen-bond donors (Lipinski definition) is 2. The molecule has 104 valence electrons. The van der Waals surface area contributed by atoms with Crippen LogP contribution in [-0.4, -0.2) is 5.09 Å². The van der Waals surface area contributed by atoms with E-state index < -0.39 is 5.09 Å². The smallest absolute Gasteiger partial charge is 0.0689 e. The molecule has 5 N–H and O–H groups in total. The Balaban J connectivity index is -0.0000000145. The van der Waals surface area contributed by atoms with E-state index in [-0.39, 0.29) is 13.6 Å². The van der Waals surface area contributed by atoms with Crippen molar-refractivity contribution in [1.82, 2.24) is 6.15 Å². The van der Waals surface area contributed by atoms with Gasteiger partial charge in [0.2, 0.25) is 0 Å². The van der Waals surface area contributed by atoms with E-state index >= 15 is 0 Å². The lowest BCUT2D eigenvalue weighted by molar-refractivity contribution is -0.402. The van der Waals surface area contributed by atoms with Crippen LogP contribution in [0.15, 0.2) is 16.0 Å². The lowest BCUT2D eigenvalue weighted by Gasteiger charge is -1.74. The van der Waals surface area contributed by atoms with Crippen molar-refractivity contribution in [3.05, 3.63) is 40.5 Å². The molecule has 0 aromatic heterocycles. The Morgan fingerprint density at radius 1 is 1.00 bits per heavy atom. The van der Waals surface area contributed by atoms with Gasteiger partial charge in [-0.05, 0) is 0 Å². The molecular formula is CH9N8O8-3. The first kappa shape index (κ1) is 49.0. The molecule has 0 heterocycles. The van der Waals surface area contributed by atoms with Crippen molar-refractivity contribution in [2.75, 3.05) is 0 Å². The van der Waals surface area contributed by atoms with Crippen molar-refractivity contribution in [2.45, 2.75) is 7.43 Å². The van der Waals surface area contributed by atoms with Gasteiger partial charge in [0, 0.05) is 16.1 Å². The largest absolute Gasteiger partial charge is 0.444 e. The zero-order valence-corrected chi connectivity index (χ0v) is 7.23. The first-order valence-electron chi connectivity index (χ1n) is 1.92. The van der Waals surface area contributed by atoms with Crippen molar-refractivity contribution >= 4 is 0 Å². The number of hydrogen-bond acceptors (Lipinski definition) is 14. The third-order valence-electron chi connectivity index (χ3n) is 0. The van der Waals surface area contributed by atoms with Crippen LogP contribution >= 0.6 is 0 Å². The van der Waals surface area contributed by atoms with E-state index in [0.29, 0.717) is 0 Å². The van der Waals surface area contributed by atoms with Gasteiger partial charge in [-0.15, -0.1) is 15.6 Å². The SMILES string of the molecule is C.N.N#N.NN=O.O=N[O-].O=N[O-].O=[N+]([O-])[O-]. The van der Waals surface area contributed by atoms with Crippen molar-refractivity contribution in [3.8, 4) is 0 Å². The van der Waals surface area contributed by atoms with Gasteiger partial charge >= 0.3 is 0 Å². The molecule has 0 atom stereocenters. The molecule has 0 amide bonds. The van der Waals surface area contributed by atoms with Gasteiger partial charge < -0.3 is 41.7 Å². The Bertz CT molecular complexity index is 139. The molecule has 0 aromatic carbocycles. The monoisotopic (exact) mass is 261 g/mol. The summed E-state index contributed by atoms with van der Waals surface area (Å²) >= 11 is 0. The standard InChI is InChI=1S/CH4.H2N2O.N2.NO3.2HNO2.H3N/c;1-2-3;1-2;2-1(3)4;2*2-1-3;/h1H4;(H2,1,3);;;2*(H,2,3);1H3/q;;;-1;;;/p-2. The lowest BCUT2D eigenvalue weighted by atomic mass is 12.0. The van der Waals surface area contributed by atoms with Crippen LogP contribution in [0.4, 0.5) is 0 Å². The second-order valence-corrected chi connectivity index (χ2v) is 0.478. The zero-order valence-electron chi connectivity index (χ0n) is 7.23. The topological polar surface area (TPSA) is 309 Å². The summed E-state index contributed by atoms with van der Waals surface area (Å²) in [5.74, 6) is 3.92. The minimum atomic E-state index is -1.75. The second-order valence-electron chi connectivity index (χ2n) is 0.478. The summed E-state index contributed by atoms with van der Waals surface area (Å²) in [7, 11) is 0. The maximum Gasteiger partial charge on any atom is 0.0689 e. The van der Waals surface area contributed by atoms with E-state index in [1.165, 1.54) is 0 Å². The quantitative estimate of drug-likeness (QED) is 0.200. The molecule has 16 heteroatoms. The van der Waals surface area contributed by atoms with E-state index in [1.54, 1.807) is 5.29 Å². The molecule has 16 nitrogen and oxygen atoms in total. The third-order valence-corrected chi connectivity index (χ3v) is 0. The minimum absolute atomic E-state index is 0. The van der Waals surface area contributed by atoms with Crippen molar-refractivity contribution in [2.24, 2.45) is 21.8 Å². The van der Waals surface area contributed by atoms with Crippen molar-refractivity contribution < 1.29 is 5.09 Å². The molecule has 0 fully saturated rings. The third kappa shape index (κ3) is 143. The number of nitroso groups, excluding NO2 is 1. The normalized spacial score (nSPS) is 3.65. The molecule has 0 saturated carbocycles. The molecule has 0 aliphatic heterocycles. The summed E-state index contributed by atoms with van der Waals surface area (Å²) in [5, 5.41) is 46.5. The molecule has 0 saturated heterocycles. The van der Waals surface area contributed by atoms with Gasteiger partial charge in [-0.25, -0.2) is 0 Å². The molecule has 0 aliphatic carbocycles. The molecule has 0 radical (unpaired) electrons. The Labute approximate surface area is 92.9 Å². The van der Waals surface area contributed by atoms with E-state index in [9.17, 15) is 0 Å². The van der Waals surface area contributed by atoms with Gasteiger partial charge in [0.25, 0.3) is 0 Å². The van der Waals surface area contributed by atoms with Crippen LogP contribution in [0, 0.1) is 51.2 Å². The van der Waals surface area contributed by atoms with Crippen LogP contribution in [0.2, 0.25) is 0 Å². The van der Waals surface area contributed by atoms with Crippen LogP contribution in [-0.2, 0) is 0 Å². The van der Waals surface area contributed by atoms with Crippen LogP contribution < -0.4 is 12.0 Å². The molecular weight excluding hydrogens is 252 g/mol. The van der Waals surface area contributed by atoms with Crippen LogP contribution in [0.25, 0.3) is 0 Å². The first-order chi connectivity index (χ1) is 6.97. The highest BCUT2D eigenvalue weighted by molar-refractivity contribution is 4.21. The number of nitrogens with zero attached hydrogens (tertiary/aromatic N) is 6. The van der Waals surface area contributed by atoms with E-state index in [0.717, 1.165) is 10.7 Å². The summed E-state index contributed by atoms with van der Waals surface area (Å²) in [6.45, 7) is 0. The fourth-order valence-electron chi connectivity index (χ4n) is 0. The number of rotatable bonds is 0. The fraction of sp³-hybridized carbons (Fsp3) is 1.00. The predicted molar refractivity (Wildman–Crippen MR) is 53.9 cm³/mol. The molecule has 17 heavy (non-hydrogen) atoms. The average molecular weight is 261 g/mol. The highest BCUT2D eigenvalue weighted by atomic mass is 16.9. The van der Waals surface area contributed by atoms with Crippen LogP contribution in [0.1, 0.15) is 7.43 Å². The highest BCUT2D eigenvalue weighted by Gasteiger charge is 1.45. The van der Waals surface area contributed by atoms with Crippen LogP contribution in [0.5, 0.6) is 0 Å². The maximum absolute atomic E-state index is 8.33. The summed E-state index contributed by atoms with van der Waals surface area (Å²) in [6, 6.07) is 0.